The second-order valence-corrected chi connectivity index (χ2v) is 6.77. The van der Waals surface area contributed by atoms with Crippen molar-refractivity contribution in [3.63, 3.8) is 0 Å². The number of aliphatic hydroxyl groups excluding tert-OH is 2. The third-order valence-electron chi connectivity index (χ3n) is 4.60. The Morgan fingerprint density at radius 3 is 2.03 bits per heavy atom. The molecule has 0 unspecified atom stereocenters. The highest BCUT2D eigenvalue weighted by atomic mass is 16.7. The molecule has 1 fully saturated rings. The molecule has 0 spiro atoms. The molecular formula is C21H23NO8. The minimum atomic E-state index is -1.77. The fraction of sp³-hybridized carbons (Fsp3) is 0.333. The van der Waals surface area contributed by atoms with Crippen molar-refractivity contribution in [1.29, 1.82) is 0 Å². The zero-order valence-electron chi connectivity index (χ0n) is 16.0. The lowest BCUT2D eigenvalue weighted by Gasteiger charge is -2.41. The largest absolute Gasteiger partial charge is 0.479 e. The summed E-state index contributed by atoms with van der Waals surface area (Å²) in [5, 5.41) is 32.2. The van der Waals surface area contributed by atoms with Crippen LogP contribution in [0.25, 0.3) is 0 Å². The molecule has 1 saturated heterocycles. The molecule has 0 aliphatic carbocycles. The van der Waals surface area contributed by atoms with E-state index in [-0.39, 0.29) is 13.2 Å². The number of carboxylic acid groups (broad SMARTS) is 1. The SMILES string of the molecule is O=C(N[C@H]1[C@@H](OCc2ccccc2)O[C@H](C(=O)O)[C@H](O)[C@@H]1O)OCc1ccccc1. The predicted molar refractivity (Wildman–Crippen MR) is 103 cm³/mol. The van der Waals surface area contributed by atoms with Crippen LogP contribution in [0, 0.1) is 0 Å². The van der Waals surface area contributed by atoms with Crippen molar-refractivity contribution in [2.75, 3.05) is 0 Å². The lowest BCUT2D eigenvalue weighted by atomic mass is 9.97. The minimum absolute atomic E-state index is 0.00775. The van der Waals surface area contributed by atoms with Crippen molar-refractivity contribution in [3.05, 3.63) is 71.8 Å². The molecule has 5 atom stereocenters. The molecule has 9 heteroatoms. The van der Waals surface area contributed by atoms with E-state index in [0.717, 1.165) is 11.1 Å². The summed E-state index contributed by atoms with van der Waals surface area (Å²) in [5.41, 5.74) is 1.54. The smallest absolute Gasteiger partial charge is 0.407 e. The second-order valence-electron chi connectivity index (χ2n) is 6.77. The van der Waals surface area contributed by atoms with Gasteiger partial charge in [-0.15, -0.1) is 0 Å². The van der Waals surface area contributed by atoms with E-state index in [0.29, 0.717) is 0 Å². The number of aliphatic hydroxyl groups is 2. The zero-order chi connectivity index (χ0) is 21.5. The lowest BCUT2D eigenvalue weighted by Crippen LogP contribution is -2.65. The summed E-state index contributed by atoms with van der Waals surface area (Å²) in [6.07, 6.45) is -7.32. The Kier molecular flexibility index (Phi) is 7.36. The summed E-state index contributed by atoms with van der Waals surface area (Å²) in [6.45, 7) is 0.0318. The molecule has 30 heavy (non-hydrogen) atoms. The average Bonchev–Trinajstić information content (AvgIpc) is 2.76. The van der Waals surface area contributed by atoms with Crippen LogP contribution in [0.15, 0.2) is 60.7 Å². The van der Waals surface area contributed by atoms with Gasteiger partial charge in [0, 0.05) is 0 Å². The monoisotopic (exact) mass is 417 g/mol. The minimum Gasteiger partial charge on any atom is -0.479 e. The first-order chi connectivity index (χ1) is 14.5. The van der Waals surface area contributed by atoms with Gasteiger partial charge in [0.05, 0.1) is 6.61 Å². The van der Waals surface area contributed by atoms with E-state index in [1.807, 2.05) is 12.1 Å². The van der Waals surface area contributed by atoms with Crippen molar-refractivity contribution in [3.8, 4) is 0 Å². The Balaban J connectivity index is 1.67. The molecule has 2 aromatic rings. The first-order valence-corrected chi connectivity index (χ1v) is 9.33. The summed E-state index contributed by atoms with van der Waals surface area (Å²) in [6, 6.07) is 16.7. The van der Waals surface area contributed by atoms with Gasteiger partial charge in [-0.3, -0.25) is 0 Å². The average molecular weight is 417 g/mol. The van der Waals surface area contributed by atoms with Crippen molar-refractivity contribution in [2.45, 2.75) is 43.9 Å². The molecule has 0 aromatic heterocycles. The molecule has 0 bridgehead atoms. The number of hydrogen-bond acceptors (Lipinski definition) is 7. The lowest BCUT2D eigenvalue weighted by molar-refractivity contribution is -0.266. The van der Waals surface area contributed by atoms with E-state index in [1.165, 1.54) is 0 Å². The number of alkyl carbamates (subject to hydrolysis) is 1. The summed E-state index contributed by atoms with van der Waals surface area (Å²) in [7, 11) is 0. The maximum absolute atomic E-state index is 12.2. The van der Waals surface area contributed by atoms with Crippen LogP contribution in [0.5, 0.6) is 0 Å². The van der Waals surface area contributed by atoms with E-state index in [9.17, 15) is 24.9 Å². The van der Waals surface area contributed by atoms with E-state index in [1.54, 1.807) is 48.5 Å². The predicted octanol–water partition coefficient (Wildman–Crippen LogP) is 1.03. The van der Waals surface area contributed by atoms with Crippen LogP contribution < -0.4 is 5.32 Å². The summed E-state index contributed by atoms with van der Waals surface area (Å²) in [5.74, 6) is -1.46. The van der Waals surface area contributed by atoms with Crippen LogP contribution in [0.2, 0.25) is 0 Å². The first kappa shape index (κ1) is 21.7. The molecule has 0 saturated carbocycles. The summed E-state index contributed by atoms with van der Waals surface area (Å²) in [4.78, 5) is 23.6. The van der Waals surface area contributed by atoms with Gasteiger partial charge in [0.1, 0.15) is 24.9 Å². The quantitative estimate of drug-likeness (QED) is 0.525. The molecule has 1 amide bonds. The van der Waals surface area contributed by atoms with E-state index in [4.69, 9.17) is 14.2 Å². The number of rotatable bonds is 7. The summed E-state index contributed by atoms with van der Waals surface area (Å²) < 4.78 is 16.1. The number of amides is 1. The third-order valence-corrected chi connectivity index (χ3v) is 4.60. The van der Waals surface area contributed by atoms with E-state index < -0.39 is 42.7 Å². The molecule has 1 aliphatic rings. The maximum atomic E-state index is 12.2. The number of hydrogen-bond donors (Lipinski definition) is 4. The molecule has 2 aromatic carbocycles. The zero-order valence-corrected chi connectivity index (χ0v) is 16.0. The van der Waals surface area contributed by atoms with Gasteiger partial charge in [0.2, 0.25) is 0 Å². The van der Waals surface area contributed by atoms with Gasteiger partial charge in [-0.2, -0.15) is 0 Å². The van der Waals surface area contributed by atoms with Crippen molar-refractivity contribution >= 4 is 12.1 Å². The van der Waals surface area contributed by atoms with Crippen molar-refractivity contribution in [2.24, 2.45) is 0 Å². The topological polar surface area (TPSA) is 135 Å². The molecule has 160 valence electrons. The molecule has 1 aliphatic heterocycles. The number of carbonyl (C=O) groups excluding carboxylic acids is 1. The molecule has 1 heterocycles. The van der Waals surface area contributed by atoms with Crippen LogP contribution in [0.1, 0.15) is 11.1 Å². The number of benzene rings is 2. The normalized spacial score (nSPS) is 26.0. The van der Waals surface area contributed by atoms with Crippen molar-refractivity contribution in [1.82, 2.24) is 5.32 Å². The van der Waals surface area contributed by atoms with Gasteiger partial charge in [0.15, 0.2) is 12.4 Å². The van der Waals surface area contributed by atoms with Crippen LogP contribution in [0.4, 0.5) is 4.79 Å². The molecule has 4 N–H and O–H groups in total. The first-order valence-electron chi connectivity index (χ1n) is 9.33. The van der Waals surface area contributed by atoms with Gasteiger partial charge >= 0.3 is 12.1 Å². The highest BCUT2D eigenvalue weighted by Gasteiger charge is 2.49. The number of carbonyl (C=O) groups is 2. The molecule has 9 nitrogen and oxygen atoms in total. The van der Waals surface area contributed by atoms with Crippen molar-refractivity contribution < 1.29 is 39.1 Å². The van der Waals surface area contributed by atoms with Crippen LogP contribution >= 0.6 is 0 Å². The number of ether oxygens (including phenoxy) is 3. The van der Waals surface area contributed by atoms with Gasteiger partial charge < -0.3 is 34.8 Å². The van der Waals surface area contributed by atoms with Gasteiger partial charge in [0.25, 0.3) is 0 Å². The fourth-order valence-electron chi connectivity index (χ4n) is 3.02. The fourth-order valence-corrected chi connectivity index (χ4v) is 3.02. The molecular weight excluding hydrogens is 394 g/mol. The Morgan fingerprint density at radius 2 is 1.47 bits per heavy atom. The number of nitrogens with one attached hydrogen (secondary N) is 1. The highest BCUT2D eigenvalue weighted by Crippen LogP contribution is 2.23. The Hall–Kier alpha value is -2.98. The Labute approximate surface area is 172 Å². The second kappa shape index (κ2) is 10.2. The highest BCUT2D eigenvalue weighted by molar-refractivity contribution is 5.73. The standard InChI is InChI=1S/C21H23NO8/c23-16-15(22-21(27)29-12-14-9-5-2-6-10-14)20(30-18(17(16)24)19(25)26)28-11-13-7-3-1-4-8-13/h1-10,15-18,20,23-24H,11-12H2,(H,22,27)(H,25,26)/t15-,16-,17-,18+,20+/m1/s1. The molecule has 3 rings (SSSR count). The summed E-state index contributed by atoms with van der Waals surface area (Å²) >= 11 is 0. The Morgan fingerprint density at radius 1 is 0.900 bits per heavy atom. The van der Waals surface area contributed by atoms with Gasteiger partial charge in [-0.05, 0) is 11.1 Å². The van der Waals surface area contributed by atoms with Crippen LogP contribution in [-0.4, -0.2) is 58.0 Å². The maximum Gasteiger partial charge on any atom is 0.407 e. The van der Waals surface area contributed by atoms with E-state index >= 15 is 0 Å². The molecule has 0 radical (unpaired) electrons. The van der Waals surface area contributed by atoms with E-state index in [2.05, 4.69) is 5.32 Å². The Bertz CT molecular complexity index is 831. The van der Waals surface area contributed by atoms with Crippen LogP contribution in [-0.2, 0) is 32.2 Å². The van der Waals surface area contributed by atoms with Crippen LogP contribution in [0.3, 0.4) is 0 Å². The van der Waals surface area contributed by atoms with Gasteiger partial charge in [-0.25, -0.2) is 9.59 Å². The van der Waals surface area contributed by atoms with Gasteiger partial charge in [-0.1, -0.05) is 60.7 Å². The number of aliphatic carboxylic acids is 1. The number of carboxylic acids is 1. The third kappa shape index (κ3) is 5.55.